The van der Waals surface area contributed by atoms with Crippen LogP contribution in [0.25, 0.3) is 0 Å². The summed E-state index contributed by atoms with van der Waals surface area (Å²) in [6.45, 7) is 2.57. The van der Waals surface area contributed by atoms with Crippen LogP contribution < -0.4 is 20.5 Å². The zero-order valence-electron chi connectivity index (χ0n) is 10.3. The number of carbonyl (C=O) groups excluding carboxylic acids is 1. The third-order valence-electron chi connectivity index (χ3n) is 2.43. The van der Waals surface area contributed by atoms with E-state index in [1.54, 1.807) is 32.4 Å². The van der Waals surface area contributed by atoms with Gasteiger partial charge in [0, 0.05) is 0 Å². The SMILES string of the molecule is CCNC(C(N)=O)c1ccc(OC)c(OC)c1. The lowest BCUT2D eigenvalue weighted by Gasteiger charge is -2.16. The van der Waals surface area contributed by atoms with E-state index in [9.17, 15) is 4.79 Å². The summed E-state index contributed by atoms with van der Waals surface area (Å²) in [5, 5.41) is 3.02. The number of hydrogen-bond acceptors (Lipinski definition) is 4. The molecule has 0 fully saturated rings. The van der Waals surface area contributed by atoms with Crippen molar-refractivity contribution in [3.05, 3.63) is 23.8 Å². The van der Waals surface area contributed by atoms with Gasteiger partial charge < -0.3 is 20.5 Å². The average molecular weight is 238 g/mol. The number of rotatable bonds is 6. The number of nitrogens with one attached hydrogen (secondary N) is 1. The normalized spacial score (nSPS) is 11.9. The first-order valence-corrected chi connectivity index (χ1v) is 5.38. The van der Waals surface area contributed by atoms with Crippen molar-refractivity contribution < 1.29 is 14.3 Å². The van der Waals surface area contributed by atoms with Gasteiger partial charge in [-0.05, 0) is 24.2 Å². The maximum Gasteiger partial charge on any atom is 0.239 e. The van der Waals surface area contributed by atoms with Crippen molar-refractivity contribution >= 4 is 5.91 Å². The molecule has 1 aromatic carbocycles. The van der Waals surface area contributed by atoms with Crippen LogP contribution in [-0.4, -0.2) is 26.7 Å². The molecule has 0 bridgehead atoms. The van der Waals surface area contributed by atoms with E-state index >= 15 is 0 Å². The first kappa shape index (κ1) is 13.3. The van der Waals surface area contributed by atoms with E-state index in [1.165, 1.54) is 0 Å². The average Bonchev–Trinajstić information content (AvgIpc) is 2.34. The number of methoxy groups -OCH3 is 2. The molecule has 0 heterocycles. The smallest absolute Gasteiger partial charge is 0.239 e. The van der Waals surface area contributed by atoms with E-state index in [1.807, 2.05) is 6.92 Å². The van der Waals surface area contributed by atoms with Gasteiger partial charge in [-0.15, -0.1) is 0 Å². The Balaban J connectivity index is 3.08. The number of nitrogens with two attached hydrogens (primary N) is 1. The standard InChI is InChI=1S/C12H18N2O3/c1-4-14-11(12(13)15)8-5-6-9(16-2)10(7-8)17-3/h5-7,11,14H,4H2,1-3H3,(H2,13,15). The van der Waals surface area contributed by atoms with Gasteiger partial charge in [-0.1, -0.05) is 13.0 Å². The molecule has 5 heteroatoms. The number of primary amides is 1. The molecule has 0 aromatic heterocycles. The molecule has 94 valence electrons. The molecule has 0 radical (unpaired) electrons. The quantitative estimate of drug-likeness (QED) is 0.770. The van der Waals surface area contributed by atoms with Crippen LogP contribution in [0.5, 0.6) is 11.5 Å². The minimum Gasteiger partial charge on any atom is -0.493 e. The number of benzene rings is 1. The lowest BCUT2D eigenvalue weighted by Crippen LogP contribution is -2.33. The van der Waals surface area contributed by atoms with Gasteiger partial charge in [-0.25, -0.2) is 0 Å². The molecule has 5 nitrogen and oxygen atoms in total. The van der Waals surface area contributed by atoms with E-state index in [-0.39, 0.29) is 0 Å². The monoisotopic (exact) mass is 238 g/mol. The highest BCUT2D eigenvalue weighted by molar-refractivity contribution is 5.81. The van der Waals surface area contributed by atoms with Crippen molar-refractivity contribution in [2.45, 2.75) is 13.0 Å². The van der Waals surface area contributed by atoms with E-state index in [0.29, 0.717) is 18.0 Å². The predicted molar refractivity (Wildman–Crippen MR) is 65.2 cm³/mol. The zero-order valence-corrected chi connectivity index (χ0v) is 10.3. The highest BCUT2D eigenvalue weighted by atomic mass is 16.5. The summed E-state index contributed by atoms with van der Waals surface area (Å²) >= 11 is 0. The van der Waals surface area contributed by atoms with Gasteiger partial charge in [0.25, 0.3) is 0 Å². The largest absolute Gasteiger partial charge is 0.493 e. The maximum absolute atomic E-state index is 11.3. The summed E-state index contributed by atoms with van der Waals surface area (Å²) < 4.78 is 10.3. The molecule has 0 aliphatic rings. The van der Waals surface area contributed by atoms with Gasteiger partial charge in [0.15, 0.2) is 11.5 Å². The molecule has 0 saturated heterocycles. The Hall–Kier alpha value is -1.75. The summed E-state index contributed by atoms with van der Waals surface area (Å²) in [5.41, 5.74) is 6.10. The van der Waals surface area contributed by atoms with Crippen LogP contribution in [0.1, 0.15) is 18.5 Å². The Morgan fingerprint density at radius 1 is 1.35 bits per heavy atom. The predicted octanol–water partition coefficient (Wildman–Crippen LogP) is 0.840. The van der Waals surface area contributed by atoms with Crippen LogP contribution in [0.4, 0.5) is 0 Å². The lowest BCUT2D eigenvalue weighted by molar-refractivity contribution is -0.120. The minimum atomic E-state index is -0.514. The molecule has 1 unspecified atom stereocenters. The second kappa shape index (κ2) is 6.10. The fourth-order valence-corrected chi connectivity index (χ4v) is 1.62. The molecule has 0 spiro atoms. The molecule has 0 aliphatic carbocycles. The van der Waals surface area contributed by atoms with Gasteiger partial charge in [0.1, 0.15) is 6.04 Å². The van der Waals surface area contributed by atoms with Crippen LogP contribution in [0.2, 0.25) is 0 Å². The van der Waals surface area contributed by atoms with E-state index < -0.39 is 11.9 Å². The lowest BCUT2D eigenvalue weighted by atomic mass is 10.1. The topological polar surface area (TPSA) is 73.6 Å². The van der Waals surface area contributed by atoms with Crippen molar-refractivity contribution in [1.82, 2.24) is 5.32 Å². The number of amides is 1. The molecule has 1 atom stereocenters. The van der Waals surface area contributed by atoms with E-state index in [0.717, 1.165) is 5.56 Å². The van der Waals surface area contributed by atoms with Crippen LogP contribution in [0.3, 0.4) is 0 Å². The van der Waals surface area contributed by atoms with Crippen molar-refractivity contribution in [2.24, 2.45) is 5.73 Å². The number of likely N-dealkylation sites (N-methyl/N-ethyl adjacent to an activating group) is 1. The second-order valence-corrected chi connectivity index (χ2v) is 3.51. The third kappa shape index (κ3) is 3.10. The van der Waals surface area contributed by atoms with Crippen LogP contribution in [0.15, 0.2) is 18.2 Å². The molecule has 1 amide bonds. The molecule has 0 aliphatic heterocycles. The van der Waals surface area contributed by atoms with E-state index in [2.05, 4.69) is 5.32 Å². The highest BCUT2D eigenvalue weighted by Crippen LogP contribution is 2.29. The molecular weight excluding hydrogens is 220 g/mol. The zero-order chi connectivity index (χ0) is 12.8. The Morgan fingerprint density at radius 2 is 2.00 bits per heavy atom. The van der Waals surface area contributed by atoms with Crippen molar-refractivity contribution in [3.8, 4) is 11.5 Å². The second-order valence-electron chi connectivity index (χ2n) is 3.51. The van der Waals surface area contributed by atoms with Crippen LogP contribution in [0, 0.1) is 0 Å². The molecule has 1 rings (SSSR count). The summed E-state index contributed by atoms with van der Waals surface area (Å²) in [6, 6.07) is 4.78. The summed E-state index contributed by atoms with van der Waals surface area (Å²) in [7, 11) is 3.11. The summed E-state index contributed by atoms with van der Waals surface area (Å²) in [4.78, 5) is 11.3. The highest BCUT2D eigenvalue weighted by Gasteiger charge is 2.18. The first-order chi connectivity index (χ1) is 8.13. The molecule has 0 saturated carbocycles. The minimum absolute atomic E-state index is 0.418. The summed E-state index contributed by atoms with van der Waals surface area (Å²) in [6.07, 6.45) is 0. The molecule has 3 N–H and O–H groups in total. The summed E-state index contributed by atoms with van der Waals surface area (Å²) in [5.74, 6) is 0.782. The van der Waals surface area contributed by atoms with Gasteiger partial charge in [-0.3, -0.25) is 4.79 Å². The number of carbonyl (C=O) groups is 1. The fourth-order valence-electron chi connectivity index (χ4n) is 1.62. The van der Waals surface area contributed by atoms with Crippen LogP contribution in [-0.2, 0) is 4.79 Å². The molecule has 1 aromatic rings. The Bertz CT molecular complexity index is 393. The van der Waals surface area contributed by atoms with E-state index in [4.69, 9.17) is 15.2 Å². The van der Waals surface area contributed by atoms with Gasteiger partial charge in [0.05, 0.1) is 14.2 Å². The Kier molecular flexibility index (Phi) is 4.78. The first-order valence-electron chi connectivity index (χ1n) is 5.38. The van der Waals surface area contributed by atoms with Crippen molar-refractivity contribution in [2.75, 3.05) is 20.8 Å². The molecular formula is C12H18N2O3. The fraction of sp³-hybridized carbons (Fsp3) is 0.417. The maximum atomic E-state index is 11.3. The Morgan fingerprint density at radius 3 is 2.47 bits per heavy atom. The van der Waals surface area contributed by atoms with Crippen molar-refractivity contribution in [3.63, 3.8) is 0 Å². The number of hydrogen-bond donors (Lipinski definition) is 2. The van der Waals surface area contributed by atoms with Gasteiger partial charge >= 0.3 is 0 Å². The Labute approximate surface area is 101 Å². The van der Waals surface area contributed by atoms with Gasteiger partial charge in [0.2, 0.25) is 5.91 Å². The third-order valence-corrected chi connectivity index (χ3v) is 2.43. The van der Waals surface area contributed by atoms with Gasteiger partial charge in [-0.2, -0.15) is 0 Å². The number of ether oxygens (including phenoxy) is 2. The van der Waals surface area contributed by atoms with Crippen LogP contribution >= 0.6 is 0 Å². The van der Waals surface area contributed by atoms with Crippen molar-refractivity contribution in [1.29, 1.82) is 0 Å². The molecule has 17 heavy (non-hydrogen) atoms.